The normalized spacial score (nSPS) is 45.5. The van der Waals surface area contributed by atoms with Crippen molar-refractivity contribution in [2.24, 2.45) is 56.7 Å². The Morgan fingerprint density at radius 3 is 2.10 bits per heavy atom. The number of carbonyl (C=O) groups is 2. The average molecular weight is 575 g/mol. The van der Waals surface area contributed by atoms with E-state index in [0.717, 1.165) is 68.1 Å². The van der Waals surface area contributed by atoms with Crippen LogP contribution in [0, 0.1) is 56.7 Å². The zero-order chi connectivity index (χ0) is 30.6. The van der Waals surface area contributed by atoms with Crippen LogP contribution >= 0.6 is 0 Å². The van der Waals surface area contributed by atoms with Gasteiger partial charge in [-0.25, -0.2) is 4.79 Å². The average Bonchev–Trinajstić information content (AvgIpc) is 3.33. The summed E-state index contributed by atoms with van der Waals surface area (Å²) in [5.74, 6) is -0.169. The van der Waals surface area contributed by atoms with E-state index in [2.05, 4.69) is 54.2 Å². The molecule has 4 saturated carbocycles. The second-order valence-corrected chi connectivity index (χ2v) is 16.1. The number of aromatic carboxylic acids is 1. The molecular weight excluding hydrogens is 524 g/mol. The minimum atomic E-state index is -0.933. The lowest BCUT2D eigenvalue weighted by Crippen LogP contribution is -2.68. The van der Waals surface area contributed by atoms with Crippen LogP contribution in [0.15, 0.2) is 42.5 Å². The quantitative estimate of drug-likeness (QED) is 0.316. The first-order valence-electron chi connectivity index (χ1n) is 16.2. The number of benzene rings is 1. The number of allylic oxidation sites excluding steroid dienone is 2. The molecule has 5 aliphatic carbocycles. The molecule has 5 aliphatic rings. The predicted molar refractivity (Wildman–Crippen MR) is 165 cm³/mol. The topological polar surface area (TPSA) is 94.8 Å². The maximum absolute atomic E-state index is 12.9. The van der Waals surface area contributed by atoms with E-state index in [9.17, 15) is 24.9 Å². The molecule has 0 amide bonds. The van der Waals surface area contributed by atoms with Gasteiger partial charge in [0.25, 0.3) is 0 Å². The molecule has 228 valence electrons. The van der Waals surface area contributed by atoms with Crippen molar-refractivity contribution in [2.45, 2.75) is 99.0 Å². The third-order valence-electron chi connectivity index (χ3n) is 14.6. The predicted octanol–water partition coefficient (Wildman–Crippen LogP) is 8.09. The Morgan fingerprint density at radius 1 is 0.833 bits per heavy atom. The van der Waals surface area contributed by atoms with Crippen molar-refractivity contribution in [3.8, 4) is 0 Å². The van der Waals surface area contributed by atoms with E-state index in [-0.39, 0.29) is 45.0 Å². The molecule has 1 aromatic rings. The molecule has 0 bridgehead atoms. The van der Waals surface area contributed by atoms with Crippen LogP contribution < -0.4 is 0 Å². The van der Waals surface area contributed by atoms with Gasteiger partial charge in [-0.05, 0) is 127 Å². The zero-order valence-corrected chi connectivity index (χ0v) is 26.4. The summed E-state index contributed by atoms with van der Waals surface area (Å²) in [6, 6.07) is 7.11. The molecule has 0 heterocycles. The van der Waals surface area contributed by atoms with Crippen molar-refractivity contribution in [1.29, 1.82) is 0 Å². The number of hydrogen-bond acceptors (Lipinski definition) is 3. The van der Waals surface area contributed by atoms with Gasteiger partial charge in [0.2, 0.25) is 0 Å². The Labute approximate surface area is 251 Å². The first-order valence-corrected chi connectivity index (χ1v) is 16.2. The van der Waals surface area contributed by atoms with Crippen LogP contribution in [-0.2, 0) is 4.79 Å². The number of aliphatic hydroxyl groups is 1. The zero-order valence-electron chi connectivity index (χ0n) is 26.4. The van der Waals surface area contributed by atoms with Gasteiger partial charge in [0.1, 0.15) is 0 Å². The Balaban J connectivity index is 1.40. The Morgan fingerprint density at radius 2 is 1.50 bits per heavy atom. The Bertz CT molecular complexity index is 1360. The van der Waals surface area contributed by atoms with E-state index in [0.29, 0.717) is 11.8 Å². The fourth-order valence-electron chi connectivity index (χ4n) is 12.4. The van der Waals surface area contributed by atoms with Crippen LogP contribution in [0.25, 0.3) is 5.57 Å². The Kier molecular flexibility index (Phi) is 6.57. The van der Waals surface area contributed by atoms with E-state index >= 15 is 0 Å². The minimum Gasteiger partial charge on any atom is -0.481 e. The number of fused-ring (bicyclic) bond motifs is 7. The van der Waals surface area contributed by atoms with Gasteiger partial charge in [-0.3, -0.25) is 4.79 Å². The van der Waals surface area contributed by atoms with Gasteiger partial charge in [-0.15, -0.1) is 0 Å². The second kappa shape index (κ2) is 9.30. The maximum atomic E-state index is 12.9. The highest BCUT2D eigenvalue weighted by Crippen LogP contribution is 2.77. The fourth-order valence-corrected chi connectivity index (χ4v) is 12.4. The van der Waals surface area contributed by atoms with Crippen molar-refractivity contribution in [1.82, 2.24) is 0 Å². The molecule has 0 aromatic heterocycles. The molecule has 6 rings (SSSR count). The monoisotopic (exact) mass is 574 g/mol. The number of carboxylic acids is 2. The second-order valence-electron chi connectivity index (χ2n) is 16.1. The number of hydrogen-bond donors (Lipinski definition) is 3. The lowest BCUT2D eigenvalue weighted by Gasteiger charge is -2.72. The number of rotatable bonds is 4. The summed E-state index contributed by atoms with van der Waals surface area (Å²) in [4.78, 5) is 24.4. The van der Waals surface area contributed by atoms with Gasteiger partial charge >= 0.3 is 11.9 Å². The van der Waals surface area contributed by atoms with E-state index < -0.39 is 23.5 Å². The van der Waals surface area contributed by atoms with Gasteiger partial charge in [-0.1, -0.05) is 65.0 Å². The summed E-state index contributed by atoms with van der Waals surface area (Å²) in [5, 5.41) is 32.1. The summed E-state index contributed by atoms with van der Waals surface area (Å²) in [5.41, 5.74) is 2.39. The smallest absolute Gasteiger partial charge is 0.335 e. The molecule has 42 heavy (non-hydrogen) atoms. The summed E-state index contributed by atoms with van der Waals surface area (Å²) in [7, 11) is 0. The van der Waals surface area contributed by atoms with Crippen LogP contribution in [0.2, 0.25) is 0 Å². The van der Waals surface area contributed by atoms with Gasteiger partial charge in [0, 0.05) is 5.41 Å². The number of aliphatic carboxylic acids is 1. The Hall–Kier alpha value is -2.40. The van der Waals surface area contributed by atoms with Crippen LogP contribution in [0.4, 0.5) is 0 Å². The highest BCUT2D eigenvalue weighted by Gasteiger charge is 2.72. The van der Waals surface area contributed by atoms with Crippen LogP contribution in [-0.4, -0.2) is 33.4 Å². The standard InChI is InChI=1S/C37H50O5/c1-21(2)24-14-17-37(32(41)42)19-18-34(5)25(30(24)37)12-13-28-35(34,6)16-15-27-33(3,4)26(20-29(38)36(27,28)7)22-8-10-23(11-9-22)31(39)40/h8-11,20,24-25,27-30,38H,1,12-19H2,2-7H3,(H,39,40)(H,41,42)/t24?,25-,27+,28+,29-,30-,34-,35-,36+,37+/m1/s1. The molecule has 0 aliphatic heterocycles. The molecule has 4 fully saturated rings. The summed E-state index contributed by atoms with van der Waals surface area (Å²) in [6.45, 7) is 18.4. The van der Waals surface area contributed by atoms with Gasteiger partial charge in [0.05, 0.1) is 17.1 Å². The van der Waals surface area contributed by atoms with Gasteiger partial charge in [0.15, 0.2) is 0 Å². The maximum Gasteiger partial charge on any atom is 0.335 e. The molecule has 0 spiro atoms. The molecule has 3 N–H and O–H groups in total. The number of carboxylic acid groups (broad SMARTS) is 2. The van der Waals surface area contributed by atoms with E-state index in [1.165, 1.54) is 0 Å². The molecule has 5 nitrogen and oxygen atoms in total. The van der Waals surface area contributed by atoms with Crippen molar-refractivity contribution >= 4 is 17.5 Å². The fraction of sp³-hybridized carbons (Fsp3) is 0.676. The number of aliphatic hydroxyl groups excluding tert-OH is 1. The summed E-state index contributed by atoms with van der Waals surface area (Å²) < 4.78 is 0. The van der Waals surface area contributed by atoms with E-state index in [4.69, 9.17) is 0 Å². The van der Waals surface area contributed by atoms with Gasteiger partial charge < -0.3 is 15.3 Å². The van der Waals surface area contributed by atoms with Crippen LogP contribution in [0.1, 0.15) is 109 Å². The van der Waals surface area contributed by atoms with Crippen molar-refractivity contribution in [3.05, 3.63) is 53.6 Å². The summed E-state index contributed by atoms with van der Waals surface area (Å²) >= 11 is 0. The largest absolute Gasteiger partial charge is 0.481 e. The van der Waals surface area contributed by atoms with Crippen molar-refractivity contribution in [3.63, 3.8) is 0 Å². The first-order chi connectivity index (χ1) is 19.6. The highest BCUT2D eigenvalue weighted by atomic mass is 16.4. The SMILES string of the molecule is C=C(C)C1CC[C@]2(C(=O)O)CC[C@]3(C)[C@H](CC[C@@H]4[C@@]5(C)[C@H](O)C=C(c6ccc(C(=O)O)cc6)C(C)(C)[C@@H]5CC[C@]43C)[C@@H]12. The van der Waals surface area contributed by atoms with Crippen molar-refractivity contribution in [2.75, 3.05) is 0 Å². The lowest BCUT2D eigenvalue weighted by atomic mass is 9.32. The van der Waals surface area contributed by atoms with Crippen LogP contribution in [0.5, 0.6) is 0 Å². The van der Waals surface area contributed by atoms with E-state index in [1.807, 2.05) is 12.1 Å². The van der Waals surface area contributed by atoms with Gasteiger partial charge in [-0.2, -0.15) is 0 Å². The molecule has 10 atom stereocenters. The van der Waals surface area contributed by atoms with E-state index in [1.54, 1.807) is 12.1 Å². The molecule has 1 aromatic carbocycles. The first kappa shape index (κ1) is 29.7. The lowest BCUT2D eigenvalue weighted by molar-refractivity contribution is -0.242. The van der Waals surface area contributed by atoms with Crippen molar-refractivity contribution < 1.29 is 24.9 Å². The molecule has 0 saturated heterocycles. The summed E-state index contributed by atoms with van der Waals surface area (Å²) in [6.07, 6.45) is 8.99. The molecule has 1 unspecified atom stereocenters. The molecular formula is C37H50O5. The third kappa shape index (κ3) is 3.58. The minimum absolute atomic E-state index is 0.000413. The highest BCUT2D eigenvalue weighted by molar-refractivity contribution is 5.88. The third-order valence-corrected chi connectivity index (χ3v) is 14.6. The molecule has 5 heteroatoms. The van der Waals surface area contributed by atoms with Crippen LogP contribution in [0.3, 0.4) is 0 Å². The molecule has 0 radical (unpaired) electrons.